The van der Waals surface area contributed by atoms with Crippen LogP contribution in [0.2, 0.25) is 0 Å². The number of carbonyl (C=O) groups excluding carboxylic acids is 1. The van der Waals surface area contributed by atoms with Gasteiger partial charge in [0.1, 0.15) is 17.7 Å². The predicted molar refractivity (Wildman–Crippen MR) is 112 cm³/mol. The zero-order chi connectivity index (χ0) is 22.0. The standard InChI is InChI=1S/C22H21F2N5O2/c1-29(13-30)16-4-5-19(31)17(7-16)14-10-26-21(27-11-14)28-12-22(8-15(23)9-22)20-18(24)3-2-6-25-20/h2-7,10-11,13,15,31H,8-9,12H2,1H3,(H,26,27,28). The molecule has 0 spiro atoms. The number of anilines is 2. The second-order valence-corrected chi connectivity index (χ2v) is 7.69. The second-order valence-electron chi connectivity index (χ2n) is 7.69. The summed E-state index contributed by atoms with van der Waals surface area (Å²) in [4.78, 5) is 25.0. The van der Waals surface area contributed by atoms with Gasteiger partial charge in [0.15, 0.2) is 0 Å². The third-order valence-electron chi connectivity index (χ3n) is 5.58. The minimum Gasteiger partial charge on any atom is -0.507 e. The molecule has 3 aromatic rings. The van der Waals surface area contributed by atoms with E-state index in [9.17, 15) is 18.7 Å². The number of aromatic nitrogens is 3. The lowest BCUT2D eigenvalue weighted by Crippen LogP contribution is -2.49. The van der Waals surface area contributed by atoms with E-state index >= 15 is 0 Å². The number of carbonyl (C=O) groups is 1. The Morgan fingerprint density at radius 1 is 1.26 bits per heavy atom. The number of alkyl halides is 1. The number of nitrogens with one attached hydrogen (secondary N) is 1. The van der Waals surface area contributed by atoms with Crippen LogP contribution in [0.1, 0.15) is 18.5 Å². The highest BCUT2D eigenvalue weighted by molar-refractivity contribution is 5.80. The lowest BCUT2D eigenvalue weighted by molar-refractivity contribution is -0.107. The van der Waals surface area contributed by atoms with Crippen molar-refractivity contribution in [1.82, 2.24) is 15.0 Å². The molecule has 7 nitrogen and oxygen atoms in total. The van der Waals surface area contributed by atoms with Gasteiger partial charge in [-0.3, -0.25) is 9.78 Å². The zero-order valence-electron chi connectivity index (χ0n) is 16.8. The van der Waals surface area contributed by atoms with E-state index in [1.165, 1.54) is 41.7 Å². The SMILES string of the molecule is CN(C=O)c1ccc(O)c(-c2cnc(NCC3(c4ncccc4F)CC(F)C3)nc2)c1. The molecule has 1 aliphatic rings. The molecule has 1 fully saturated rings. The fourth-order valence-electron chi connectivity index (χ4n) is 3.83. The van der Waals surface area contributed by atoms with Crippen molar-refractivity contribution >= 4 is 18.0 Å². The highest BCUT2D eigenvalue weighted by Gasteiger charge is 2.48. The molecule has 0 saturated heterocycles. The third-order valence-corrected chi connectivity index (χ3v) is 5.58. The number of hydrogen-bond acceptors (Lipinski definition) is 6. The van der Waals surface area contributed by atoms with E-state index in [0.29, 0.717) is 29.2 Å². The normalized spacial score (nSPS) is 20.0. The highest BCUT2D eigenvalue weighted by atomic mass is 19.1. The molecule has 1 amide bonds. The van der Waals surface area contributed by atoms with Crippen LogP contribution in [-0.2, 0) is 10.2 Å². The summed E-state index contributed by atoms with van der Waals surface area (Å²) in [5, 5.41) is 13.2. The Hall–Kier alpha value is -3.62. The number of hydrogen-bond donors (Lipinski definition) is 2. The first-order valence-corrected chi connectivity index (χ1v) is 9.74. The van der Waals surface area contributed by atoms with Gasteiger partial charge in [-0.1, -0.05) is 0 Å². The summed E-state index contributed by atoms with van der Waals surface area (Å²) < 4.78 is 28.0. The molecule has 1 saturated carbocycles. The van der Waals surface area contributed by atoms with Gasteiger partial charge in [0.2, 0.25) is 12.4 Å². The molecule has 31 heavy (non-hydrogen) atoms. The summed E-state index contributed by atoms with van der Waals surface area (Å²) in [6.07, 6.45) is 4.59. The van der Waals surface area contributed by atoms with Gasteiger partial charge < -0.3 is 15.3 Å². The Morgan fingerprint density at radius 3 is 2.65 bits per heavy atom. The van der Waals surface area contributed by atoms with Crippen molar-refractivity contribution in [3.8, 4) is 16.9 Å². The molecule has 0 bridgehead atoms. The smallest absolute Gasteiger partial charge is 0.222 e. The van der Waals surface area contributed by atoms with Gasteiger partial charge in [0, 0.05) is 54.4 Å². The van der Waals surface area contributed by atoms with Crippen LogP contribution < -0.4 is 10.2 Å². The van der Waals surface area contributed by atoms with E-state index in [4.69, 9.17) is 0 Å². The second kappa shape index (κ2) is 8.25. The van der Waals surface area contributed by atoms with Gasteiger partial charge >= 0.3 is 0 Å². The molecule has 2 heterocycles. The Kier molecular flexibility index (Phi) is 5.50. The maximum Gasteiger partial charge on any atom is 0.222 e. The van der Waals surface area contributed by atoms with E-state index in [2.05, 4.69) is 20.3 Å². The van der Waals surface area contributed by atoms with Crippen molar-refractivity contribution in [3.05, 3.63) is 60.4 Å². The molecule has 160 valence electrons. The molecule has 0 unspecified atom stereocenters. The van der Waals surface area contributed by atoms with E-state index in [0.717, 1.165) is 0 Å². The summed E-state index contributed by atoms with van der Waals surface area (Å²) >= 11 is 0. The molecule has 0 radical (unpaired) electrons. The maximum absolute atomic E-state index is 14.3. The molecule has 9 heteroatoms. The summed E-state index contributed by atoms with van der Waals surface area (Å²) in [6, 6.07) is 7.60. The van der Waals surface area contributed by atoms with Gasteiger partial charge in [0.25, 0.3) is 0 Å². The van der Waals surface area contributed by atoms with E-state index in [-0.39, 0.29) is 30.8 Å². The molecule has 1 aliphatic carbocycles. The number of benzene rings is 1. The molecular weight excluding hydrogens is 404 g/mol. The summed E-state index contributed by atoms with van der Waals surface area (Å²) in [7, 11) is 1.61. The van der Waals surface area contributed by atoms with E-state index in [1.54, 1.807) is 19.2 Å². The first-order valence-electron chi connectivity index (χ1n) is 9.74. The number of amides is 1. The first kappa shape index (κ1) is 20.6. The van der Waals surface area contributed by atoms with Gasteiger partial charge in [-0.15, -0.1) is 0 Å². The van der Waals surface area contributed by atoms with Crippen LogP contribution in [0.3, 0.4) is 0 Å². The summed E-state index contributed by atoms with van der Waals surface area (Å²) in [5.74, 6) is -0.133. The fourth-order valence-corrected chi connectivity index (χ4v) is 3.83. The Bertz CT molecular complexity index is 1090. The van der Waals surface area contributed by atoms with Crippen LogP contribution in [-0.4, -0.2) is 46.2 Å². The van der Waals surface area contributed by atoms with Crippen molar-refractivity contribution in [3.63, 3.8) is 0 Å². The van der Waals surface area contributed by atoms with Gasteiger partial charge in [-0.25, -0.2) is 18.7 Å². The van der Waals surface area contributed by atoms with Crippen molar-refractivity contribution in [2.24, 2.45) is 0 Å². The van der Waals surface area contributed by atoms with Crippen LogP contribution in [0.25, 0.3) is 11.1 Å². The van der Waals surface area contributed by atoms with Crippen molar-refractivity contribution in [1.29, 1.82) is 0 Å². The highest BCUT2D eigenvalue weighted by Crippen LogP contribution is 2.45. The van der Waals surface area contributed by atoms with Crippen molar-refractivity contribution in [2.45, 2.75) is 24.4 Å². The Labute approximate surface area is 177 Å². The molecule has 1 aromatic carbocycles. The van der Waals surface area contributed by atoms with Crippen LogP contribution >= 0.6 is 0 Å². The van der Waals surface area contributed by atoms with Crippen LogP contribution in [0, 0.1) is 5.82 Å². The van der Waals surface area contributed by atoms with Gasteiger partial charge in [0.05, 0.1) is 5.69 Å². The molecule has 2 N–H and O–H groups in total. The molecule has 2 aromatic heterocycles. The number of phenols is 1. The Balaban J connectivity index is 1.52. The van der Waals surface area contributed by atoms with Crippen LogP contribution in [0.5, 0.6) is 5.75 Å². The Morgan fingerprint density at radius 2 is 2.00 bits per heavy atom. The predicted octanol–water partition coefficient (Wildman–Crippen LogP) is 3.46. The maximum atomic E-state index is 14.3. The number of nitrogens with zero attached hydrogens (tertiary/aromatic N) is 4. The zero-order valence-corrected chi connectivity index (χ0v) is 16.8. The number of phenolic OH excluding ortho intramolecular Hbond substituents is 1. The summed E-state index contributed by atoms with van der Waals surface area (Å²) in [6.45, 7) is 0.242. The van der Waals surface area contributed by atoms with Gasteiger partial charge in [-0.05, 0) is 43.2 Å². The van der Waals surface area contributed by atoms with Gasteiger partial charge in [-0.2, -0.15) is 0 Å². The number of halogens is 2. The number of rotatable bonds is 7. The number of pyridine rings is 1. The lowest BCUT2D eigenvalue weighted by atomic mass is 9.65. The van der Waals surface area contributed by atoms with Crippen molar-refractivity contribution in [2.75, 3.05) is 23.8 Å². The molecule has 4 rings (SSSR count). The lowest BCUT2D eigenvalue weighted by Gasteiger charge is -2.43. The molecular formula is C22H21F2N5O2. The third kappa shape index (κ3) is 4.03. The largest absolute Gasteiger partial charge is 0.507 e. The first-order chi connectivity index (χ1) is 14.9. The van der Waals surface area contributed by atoms with Crippen LogP contribution in [0.15, 0.2) is 48.9 Å². The topological polar surface area (TPSA) is 91.2 Å². The average Bonchev–Trinajstić information content (AvgIpc) is 2.76. The van der Waals surface area contributed by atoms with Crippen LogP contribution in [0.4, 0.5) is 20.4 Å². The molecule has 0 aliphatic heterocycles. The minimum atomic E-state index is -0.994. The monoisotopic (exact) mass is 425 g/mol. The quantitative estimate of drug-likeness (QED) is 0.564. The molecule has 0 atom stereocenters. The number of aromatic hydroxyl groups is 1. The summed E-state index contributed by atoms with van der Waals surface area (Å²) in [5.41, 5.74) is 1.13. The minimum absolute atomic E-state index is 0.0281. The fraction of sp³-hybridized carbons (Fsp3) is 0.273. The van der Waals surface area contributed by atoms with E-state index < -0.39 is 17.4 Å². The van der Waals surface area contributed by atoms with E-state index in [1.807, 2.05) is 0 Å². The van der Waals surface area contributed by atoms with Crippen molar-refractivity contribution < 1.29 is 18.7 Å². The average molecular weight is 425 g/mol.